The maximum absolute atomic E-state index is 11.9. The molecule has 2 rings (SSSR count). The molecule has 1 fully saturated rings. The molecule has 0 spiro atoms. The summed E-state index contributed by atoms with van der Waals surface area (Å²) in [6, 6.07) is 4.35. The first-order valence-corrected chi connectivity index (χ1v) is 7.92. The summed E-state index contributed by atoms with van der Waals surface area (Å²) in [6.45, 7) is -1.05. The predicted octanol–water partition coefficient (Wildman–Crippen LogP) is 4.38. The van der Waals surface area contributed by atoms with E-state index in [1.807, 2.05) is 12.1 Å². The third kappa shape index (κ3) is 6.14. The van der Waals surface area contributed by atoms with Gasteiger partial charge in [-0.05, 0) is 62.4 Å². The van der Waals surface area contributed by atoms with Gasteiger partial charge >= 0.3 is 6.18 Å². The Balaban J connectivity index is 1.86. The second-order valence-corrected chi connectivity index (χ2v) is 6.48. The van der Waals surface area contributed by atoms with Gasteiger partial charge in [0.2, 0.25) is 0 Å². The van der Waals surface area contributed by atoms with Gasteiger partial charge in [-0.2, -0.15) is 13.2 Å². The Morgan fingerprint density at radius 3 is 2.33 bits per heavy atom. The van der Waals surface area contributed by atoms with E-state index in [9.17, 15) is 13.2 Å². The molecule has 1 N–H and O–H groups in total. The van der Waals surface area contributed by atoms with Crippen LogP contribution in [-0.2, 0) is 11.3 Å². The molecule has 0 bridgehead atoms. The van der Waals surface area contributed by atoms with Crippen molar-refractivity contribution in [3.8, 4) is 5.75 Å². The number of rotatable bonds is 7. The summed E-state index contributed by atoms with van der Waals surface area (Å²) in [7, 11) is 0. The van der Waals surface area contributed by atoms with Gasteiger partial charge in [-0.25, -0.2) is 0 Å². The molecule has 0 saturated heterocycles. The monoisotopic (exact) mass is 431 g/mol. The van der Waals surface area contributed by atoms with Crippen molar-refractivity contribution in [2.75, 3.05) is 13.4 Å². The Hall–Kier alpha value is -0.310. The van der Waals surface area contributed by atoms with Gasteiger partial charge in [0.15, 0.2) is 12.5 Å². The van der Waals surface area contributed by atoms with Crippen LogP contribution in [0.5, 0.6) is 5.75 Å². The van der Waals surface area contributed by atoms with Crippen molar-refractivity contribution < 1.29 is 22.6 Å². The molecule has 0 unspecified atom stereocenters. The van der Waals surface area contributed by atoms with Crippen LogP contribution in [0.2, 0.25) is 0 Å². The van der Waals surface area contributed by atoms with Crippen LogP contribution in [-0.4, -0.2) is 25.6 Å². The molecule has 118 valence electrons. The van der Waals surface area contributed by atoms with Gasteiger partial charge < -0.3 is 14.8 Å². The van der Waals surface area contributed by atoms with Crippen molar-refractivity contribution in [1.82, 2.24) is 5.32 Å². The van der Waals surface area contributed by atoms with Crippen molar-refractivity contribution in [2.24, 2.45) is 0 Å². The van der Waals surface area contributed by atoms with Crippen LogP contribution in [0.1, 0.15) is 18.4 Å². The lowest BCUT2D eigenvalue weighted by Crippen LogP contribution is -2.19. The highest BCUT2D eigenvalue weighted by Crippen LogP contribution is 2.35. The second kappa shape index (κ2) is 7.30. The Labute approximate surface area is 137 Å². The molecular weight excluding hydrogens is 419 g/mol. The van der Waals surface area contributed by atoms with E-state index in [1.165, 1.54) is 12.8 Å². The molecule has 0 aromatic heterocycles. The van der Waals surface area contributed by atoms with Crippen LogP contribution < -0.4 is 10.1 Å². The Morgan fingerprint density at radius 1 is 1.19 bits per heavy atom. The number of hydrogen-bond donors (Lipinski definition) is 1. The highest BCUT2D eigenvalue weighted by molar-refractivity contribution is 9.11. The fourth-order valence-corrected chi connectivity index (χ4v) is 3.17. The summed E-state index contributed by atoms with van der Waals surface area (Å²) in [5.74, 6) is 0.423. The molecule has 0 aliphatic heterocycles. The summed E-state index contributed by atoms with van der Waals surface area (Å²) in [5.41, 5.74) is 1.06. The quantitative estimate of drug-likeness (QED) is 0.512. The highest BCUT2D eigenvalue weighted by Gasteiger charge is 2.27. The zero-order valence-corrected chi connectivity index (χ0v) is 14.1. The zero-order chi connectivity index (χ0) is 15.5. The standard InChI is InChI=1S/C13H14Br2F3NO2/c14-10-3-8(5-19-9-1-2-9)4-11(15)12(10)21-7-20-6-13(16,17)18/h3-4,9,19H,1-2,5-7H2. The lowest BCUT2D eigenvalue weighted by molar-refractivity contribution is -0.186. The first-order valence-electron chi connectivity index (χ1n) is 6.34. The molecule has 0 amide bonds. The van der Waals surface area contributed by atoms with Crippen LogP contribution in [0.25, 0.3) is 0 Å². The number of benzene rings is 1. The van der Waals surface area contributed by atoms with Crippen LogP contribution in [0.15, 0.2) is 21.1 Å². The average Bonchev–Trinajstić information content (AvgIpc) is 3.17. The summed E-state index contributed by atoms with van der Waals surface area (Å²) in [6.07, 6.45) is -1.93. The minimum atomic E-state index is -4.35. The predicted molar refractivity (Wildman–Crippen MR) is 79.2 cm³/mol. The smallest absolute Gasteiger partial charge is 0.411 e. The molecule has 1 aromatic carbocycles. The normalized spacial score (nSPS) is 15.3. The molecule has 3 nitrogen and oxygen atoms in total. The van der Waals surface area contributed by atoms with Gasteiger partial charge in [0, 0.05) is 12.6 Å². The van der Waals surface area contributed by atoms with Gasteiger partial charge in [-0.15, -0.1) is 0 Å². The van der Waals surface area contributed by atoms with Crippen molar-refractivity contribution in [3.63, 3.8) is 0 Å². The average molecular weight is 433 g/mol. The van der Waals surface area contributed by atoms with Gasteiger partial charge in [-0.3, -0.25) is 0 Å². The third-order valence-corrected chi connectivity index (χ3v) is 3.96. The van der Waals surface area contributed by atoms with Crippen LogP contribution >= 0.6 is 31.9 Å². The molecule has 1 aromatic rings. The second-order valence-electron chi connectivity index (χ2n) is 4.77. The van der Waals surface area contributed by atoms with Gasteiger partial charge in [0.05, 0.1) is 8.95 Å². The number of halogens is 5. The van der Waals surface area contributed by atoms with E-state index in [2.05, 4.69) is 41.9 Å². The molecule has 0 heterocycles. The molecule has 1 saturated carbocycles. The summed E-state index contributed by atoms with van der Waals surface area (Å²) in [5, 5.41) is 3.38. The first kappa shape index (κ1) is 17.1. The van der Waals surface area contributed by atoms with Crippen LogP contribution in [0.4, 0.5) is 13.2 Å². The lowest BCUT2D eigenvalue weighted by atomic mass is 10.2. The molecule has 0 radical (unpaired) electrons. The van der Waals surface area contributed by atoms with Gasteiger partial charge in [0.25, 0.3) is 0 Å². The van der Waals surface area contributed by atoms with Crippen LogP contribution in [0.3, 0.4) is 0 Å². The highest BCUT2D eigenvalue weighted by atomic mass is 79.9. The molecule has 1 aliphatic rings. The third-order valence-electron chi connectivity index (χ3n) is 2.78. The largest absolute Gasteiger partial charge is 0.465 e. The van der Waals surface area contributed by atoms with E-state index in [1.54, 1.807) is 0 Å². The zero-order valence-electron chi connectivity index (χ0n) is 11.0. The van der Waals surface area contributed by atoms with Crippen molar-refractivity contribution >= 4 is 31.9 Å². The molecule has 8 heteroatoms. The van der Waals surface area contributed by atoms with Crippen molar-refractivity contribution in [3.05, 3.63) is 26.6 Å². The molecular formula is C13H14Br2F3NO2. The van der Waals surface area contributed by atoms with Crippen molar-refractivity contribution in [1.29, 1.82) is 0 Å². The van der Waals surface area contributed by atoms with E-state index in [0.717, 1.165) is 12.1 Å². The minimum absolute atomic E-state index is 0.423. The fraction of sp³-hybridized carbons (Fsp3) is 0.538. The van der Waals surface area contributed by atoms with E-state index >= 15 is 0 Å². The number of nitrogens with one attached hydrogen (secondary N) is 1. The summed E-state index contributed by atoms with van der Waals surface area (Å²) < 4.78 is 46.8. The van der Waals surface area contributed by atoms with E-state index < -0.39 is 19.6 Å². The topological polar surface area (TPSA) is 30.5 Å². The maximum atomic E-state index is 11.9. The van der Waals surface area contributed by atoms with E-state index in [4.69, 9.17) is 4.74 Å². The Bertz CT molecular complexity index is 470. The fourth-order valence-electron chi connectivity index (χ4n) is 1.66. The van der Waals surface area contributed by atoms with E-state index in [-0.39, 0.29) is 0 Å². The Morgan fingerprint density at radius 2 is 1.81 bits per heavy atom. The number of hydrogen-bond acceptors (Lipinski definition) is 3. The van der Waals surface area contributed by atoms with E-state index in [0.29, 0.717) is 20.7 Å². The summed E-state index contributed by atoms with van der Waals surface area (Å²) >= 11 is 6.70. The molecule has 21 heavy (non-hydrogen) atoms. The van der Waals surface area contributed by atoms with Gasteiger partial charge in [0.1, 0.15) is 6.61 Å². The SMILES string of the molecule is FC(F)(F)COCOc1c(Br)cc(CNC2CC2)cc1Br. The number of ether oxygens (including phenoxy) is 2. The van der Waals surface area contributed by atoms with Gasteiger partial charge in [-0.1, -0.05) is 0 Å². The molecule has 1 aliphatic carbocycles. The lowest BCUT2D eigenvalue weighted by Gasteiger charge is -2.13. The van der Waals surface area contributed by atoms with Crippen LogP contribution in [0, 0.1) is 0 Å². The first-order chi connectivity index (χ1) is 9.85. The Kier molecular flexibility index (Phi) is 5.93. The summed E-state index contributed by atoms with van der Waals surface area (Å²) in [4.78, 5) is 0. The molecule has 0 atom stereocenters. The minimum Gasteiger partial charge on any atom is -0.465 e. The number of alkyl halides is 3. The van der Waals surface area contributed by atoms with Crippen molar-refractivity contribution in [2.45, 2.75) is 31.6 Å². The maximum Gasteiger partial charge on any atom is 0.411 e.